The maximum atomic E-state index is 12.8. The average molecular weight is 422 g/mol. The molecule has 2 aromatic carbocycles. The van der Waals surface area contributed by atoms with Gasteiger partial charge in [0.1, 0.15) is 0 Å². The van der Waals surface area contributed by atoms with E-state index >= 15 is 0 Å². The maximum absolute atomic E-state index is 12.8. The summed E-state index contributed by atoms with van der Waals surface area (Å²) in [5, 5.41) is 12.7. The van der Waals surface area contributed by atoms with Gasteiger partial charge in [-0.25, -0.2) is 0 Å². The molecule has 1 atom stereocenters. The predicted octanol–water partition coefficient (Wildman–Crippen LogP) is 3.40. The predicted molar refractivity (Wildman–Crippen MR) is 119 cm³/mol. The smallest absolute Gasteiger partial charge is 0.262 e. The van der Waals surface area contributed by atoms with Crippen molar-refractivity contribution in [3.63, 3.8) is 0 Å². The largest absolute Gasteiger partial charge is 0.350 e. The Labute approximate surface area is 178 Å². The molecule has 4 rings (SSSR count). The number of fused-ring (bicyclic) bond motifs is 3. The summed E-state index contributed by atoms with van der Waals surface area (Å²) < 4.78 is 3.34. The van der Waals surface area contributed by atoms with Crippen LogP contribution in [0.4, 0.5) is 0 Å². The van der Waals surface area contributed by atoms with Crippen LogP contribution in [-0.2, 0) is 12.8 Å². The lowest BCUT2D eigenvalue weighted by Gasteiger charge is -2.13. The number of aryl methyl sites for hydroxylation is 1. The first-order valence-electron chi connectivity index (χ1n) is 9.85. The summed E-state index contributed by atoms with van der Waals surface area (Å²) in [6, 6.07) is 15.3. The molecule has 0 fully saturated rings. The van der Waals surface area contributed by atoms with Gasteiger partial charge in [-0.3, -0.25) is 18.6 Å². The van der Waals surface area contributed by atoms with Gasteiger partial charge in [0.2, 0.25) is 5.78 Å². The van der Waals surface area contributed by atoms with E-state index < -0.39 is 0 Å². The van der Waals surface area contributed by atoms with Crippen molar-refractivity contribution in [2.45, 2.75) is 37.2 Å². The molecule has 0 spiro atoms. The van der Waals surface area contributed by atoms with Crippen LogP contribution in [0.25, 0.3) is 16.7 Å². The van der Waals surface area contributed by atoms with Gasteiger partial charge in [-0.05, 0) is 37.1 Å². The van der Waals surface area contributed by atoms with E-state index in [1.54, 1.807) is 37.0 Å². The summed E-state index contributed by atoms with van der Waals surface area (Å²) in [6.45, 7) is 3.98. The van der Waals surface area contributed by atoms with Crippen LogP contribution < -0.4 is 10.9 Å². The molecule has 0 radical (unpaired) electrons. The molecule has 4 aromatic rings. The summed E-state index contributed by atoms with van der Waals surface area (Å²) >= 11 is 1.54. The van der Waals surface area contributed by atoms with E-state index in [4.69, 9.17) is 0 Å². The molecule has 154 valence electrons. The molecule has 1 N–H and O–H groups in total. The molecule has 0 aliphatic rings. The molecule has 0 aliphatic heterocycles. The second-order valence-corrected chi connectivity index (χ2v) is 8.21. The maximum Gasteiger partial charge on any atom is 0.262 e. The molecular weight excluding hydrogens is 398 g/mol. The molecule has 0 aliphatic carbocycles. The quantitative estimate of drug-likeness (QED) is 0.483. The Bertz CT molecular complexity index is 1280. The van der Waals surface area contributed by atoms with Crippen LogP contribution in [0.1, 0.15) is 36.2 Å². The highest BCUT2D eigenvalue weighted by molar-refractivity contribution is 7.98. The third kappa shape index (κ3) is 3.70. The SMILES string of the molecule is CCC(C)NC(=O)c1ccc2c(=O)n(C)c3nnc(SCc4ccccc4)n3c2c1. The van der Waals surface area contributed by atoms with Crippen LogP contribution >= 0.6 is 11.8 Å². The van der Waals surface area contributed by atoms with Crippen LogP contribution in [0.5, 0.6) is 0 Å². The van der Waals surface area contributed by atoms with Crippen LogP contribution in [-0.4, -0.2) is 31.1 Å². The molecule has 1 unspecified atom stereocenters. The fraction of sp³-hybridized carbons (Fsp3) is 0.273. The zero-order valence-electron chi connectivity index (χ0n) is 17.1. The lowest BCUT2D eigenvalue weighted by atomic mass is 10.1. The number of carbonyl (C=O) groups excluding carboxylic acids is 1. The standard InChI is InChI=1S/C22H23N5O2S/c1-4-14(2)23-19(28)16-10-11-17-18(12-16)27-21(26(3)20(17)29)24-25-22(27)30-13-15-8-6-5-7-9-15/h5-12,14H,4,13H2,1-3H3,(H,23,28). The van der Waals surface area contributed by atoms with Crippen molar-refractivity contribution in [1.29, 1.82) is 0 Å². The molecule has 0 saturated carbocycles. The molecule has 7 nitrogen and oxygen atoms in total. The highest BCUT2D eigenvalue weighted by Crippen LogP contribution is 2.25. The number of aromatic nitrogens is 4. The third-order valence-electron chi connectivity index (χ3n) is 5.15. The van der Waals surface area contributed by atoms with E-state index in [2.05, 4.69) is 27.6 Å². The second-order valence-electron chi connectivity index (χ2n) is 7.27. The Hall–Kier alpha value is -3.13. The Morgan fingerprint density at radius 2 is 1.93 bits per heavy atom. The van der Waals surface area contributed by atoms with E-state index in [0.717, 1.165) is 12.2 Å². The van der Waals surface area contributed by atoms with Crippen molar-refractivity contribution in [2.75, 3.05) is 0 Å². The van der Waals surface area contributed by atoms with Crippen LogP contribution in [0.2, 0.25) is 0 Å². The van der Waals surface area contributed by atoms with Gasteiger partial charge in [-0.2, -0.15) is 0 Å². The number of thioether (sulfide) groups is 1. The van der Waals surface area contributed by atoms with E-state index in [1.807, 2.05) is 36.4 Å². The van der Waals surface area contributed by atoms with Crippen molar-refractivity contribution in [3.05, 3.63) is 70.0 Å². The van der Waals surface area contributed by atoms with Gasteiger partial charge in [0.15, 0.2) is 5.16 Å². The van der Waals surface area contributed by atoms with Gasteiger partial charge in [-0.15, -0.1) is 10.2 Å². The summed E-state index contributed by atoms with van der Waals surface area (Å²) in [7, 11) is 1.68. The summed E-state index contributed by atoms with van der Waals surface area (Å²) in [4.78, 5) is 25.4. The second kappa shape index (κ2) is 8.31. The number of rotatable bonds is 6. The number of benzene rings is 2. The minimum absolute atomic E-state index is 0.0729. The van der Waals surface area contributed by atoms with Crippen molar-refractivity contribution in [3.8, 4) is 0 Å². The van der Waals surface area contributed by atoms with Crippen LogP contribution in [0.3, 0.4) is 0 Å². The number of amides is 1. The van der Waals surface area contributed by atoms with E-state index in [-0.39, 0.29) is 17.5 Å². The molecule has 1 amide bonds. The molecule has 8 heteroatoms. The van der Waals surface area contributed by atoms with Crippen LogP contribution in [0.15, 0.2) is 58.5 Å². The van der Waals surface area contributed by atoms with Gasteiger partial charge in [0.05, 0.1) is 10.9 Å². The Morgan fingerprint density at radius 1 is 1.17 bits per heavy atom. The minimum atomic E-state index is -0.168. The third-order valence-corrected chi connectivity index (χ3v) is 6.15. The minimum Gasteiger partial charge on any atom is -0.350 e. The molecule has 0 saturated heterocycles. The highest BCUT2D eigenvalue weighted by atomic mass is 32.2. The van der Waals surface area contributed by atoms with E-state index in [0.29, 0.717) is 27.4 Å². The van der Waals surface area contributed by atoms with Crippen molar-refractivity contribution >= 4 is 34.3 Å². The van der Waals surface area contributed by atoms with Gasteiger partial charge in [0, 0.05) is 24.4 Å². The van der Waals surface area contributed by atoms with Crippen LogP contribution in [0, 0.1) is 0 Å². The normalized spacial score (nSPS) is 12.4. The number of nitrogens with one attached hydrogen (secondary N) is 1. The van der Waals surface area contributed by atoms with E-state index in [1.165, 1.54) is 10.1 Å². The Balaban J connectivity index is 1.82. The number of hydrogen-bond donors (Lipinski definition) is 1. The molecule has 30 heavy (non-hydrogen) atoms. The summed E-state index contributed by atoms with van der Waals surface area (Å²) in [5.74, 6) is 1.01. The lowest BCUT2D eigenvalue weighted by Crippen LogP contribution is -2.32. The monoisotopic (exact) mass is 421 g/mol. The fourth-order valence-corrected chi connectivity index (χ4v) is 4.12. The zero-order valence-corrected chi connectivity index (χ0v) is 17.9. The van der Waals surface area contributed by atoms with Gasteiger partial charge >= 0.3 is 0 Å². The number of carbonyl (C=O) groups is 1. The molecule has 0 bridgehead atoms. The fourth-order valence-electron chi connectivity index (χ4n) is 3.23. The van der Waals surface area contributed by atoms with E-state index in [9.17, 15) is 9.59 Å². The highest BCUT2D eigenvalue weighted by Gasteiger charge is 2.17. The Kier molecular flexibility index (Phi) is 5.59. The summed E-state index contributed by atoms with van der Waals surface area (Å²) in [5.41, 5.74) is 2.14. The van der Waals surface area contributed by atoms with Gasteiger partial charge in [-0.1, -0.05) is 49.0 Å². The zero-order chi connectivity index (χ0) is 21.3. The van der Waals surface area contributed by atoms with Gasteiger partial charge in [0.25, 0.3) is 11.5 Å². The summed E-state index contributed by atoms with van der Waals surface area (Å²) in [6.07, 6.45) is 0.843. The van der Waals surface area contributed by atoms with Crippen molar-refractivity contribution < 1.29 is 4.79 Å². The van der Waals surface area contributed by atoms with Crippen molar-refractivity contribution in [2.24, 2.45) is 7.05 Å². The Morgan fingerprint density at radius 3 is 2.67 bits per heavy atom. The molecular formula is C22H23N5O2S. The molecule has 2 heterocycles. The topological polar surface area (TPSA) is 81.3 Å². The average Bonchev–Trinajstić information content (AvgIpc) is 3.20. The number of nitrogens with zero attached hydrogens (tertiary/aromatic N) is 4. The van der Waals surface area contributed by atoms with Gasteiger partial charge < -0.3 is 5.32 Å². The first-order chi connectivity index (χ1) is 14.5. The lowest BCUT2D eigenvalue weighted by molar-refractivity contribution is 0.0939. The van der Waals surface area contributed by atoms with Crippen molar-refractivity contribution in [1.82, 2.24) is 24.5 Å². The number of hydrogen-bond acceptors (Lipinski definition) is 5. The first-order valence-corrected chi connectivity index (χ1v) is 10.8. The molecule has 2 aromatic heterocycles. The first kappa shape index (κ1) is 20.2.